The van der Waals surface area contributed by atoms with Gasteiger partial charge in [-0.15, -0.1) is 17.8 Å². The van der Waals surface area contributed by atoms with E-state index >= 15 is 0 Å². The summed E-state index contributed by atoms with van der Waals surface area (Å²) in [6.45, 7) is 0.519. The van der Waals surface area contributed by atoms with E-state index in [2.05, 4.69) is 33.0 Å². The van der Waals surface area contributed by atoms with Crippen molar-refractivity contribution in [3.63, 3.8) is 0 Å². The average Bonchev–Trinajstić information content (AvgIpc) is 2.84. The van der Waals surface area contributed by atoms with Gasteiger partial charge in [0.25, 0.3) is 0 Å². The van der Waals surface area contributed by atoms with Gasteiger partial charge in [0.15, 0.2) is 0 Å². The highest BCUT2D eigenvalue weighted by Gasteiger charge is 2.10. The number of hydrogen-bond donors (Lipinski definition) is 0. The topological polar surface area (TPSA) is 17.8 Å². The maximum absolute atomic E-state index is 5.26. The summed E-state index contributed by atoms with van der Waals surface area (Å²) < 4.78 is 1.80. The number of thiophene rings is 1. The van der Waals surface area contributed by atoms with Crippen LogP contribution in [0.25, 0.3) is 10.6 Å². The zero-order valence-corrected chi connectivity index (χ0v) is 10.4. The molecule has 0 fully saturated rings. The Hall–Kier alpha value is -1.05. The number of aromatic nitrogens is 2. The third-order valence-electron chi connectivity index (χ3n) is 1.99. The molecule has 0 spiro atoms. The highest BCUT2D eigenvalue weighted by Crippen LogP contribution is 2.27. The number of nitrogens with zero attached hydrogens (tertiary/aromatic N) is 2. The summed E-state index contributed by atoms with van der Waals surface area (Å²) >= 11 is 5.15. The smallest absolute Gasteiger partial charge is 0.106 e. The molecule has 2 aromatic rings. The van der Waals surface area contributed by atoms with Crippen molar-refractivity contribution < 1.29 is 0 Å². The van der Waals surface area contributed by atoms with E-state index in [4.69, 9.17) is 6.42 Å². The first-order valence-electron chi connectivity index (χ1n) is 4.44. The Labute approximate surface area is 101 Å². The lowest BCUT2D eigenvalue weighted by Gasteiger charge is -1.93. The van der Waals surface area contributed by atoms with Gasteiger partial charge in [0, 0.05) is 17.1 Å². The lowest BCUT2D eigenvalue weighted by atomic mass is 10.2. The molecule has 0 radical (unpaired) electrons. The molecule has 0 aliphatic carbocycles. The lowest BCUT2D eigenvalue weighted by molar-refractivity contribution is 0.718. The second-order valence-electron chi connectivity index (χ2n) is 3.02. The molecule has 2 heterocycles. The van der Waals surface area contributed by atoms with Crippen LogP contribution in [0.3, 0.4) is 0 Å². The molecule has 0 amide bonds. The van der Waals surface area contributed by atoms with Gasteiger partial charge in [0.05, 0.1) is 4.88 Å². The van der Waals surface area contributed by atoms with E-state index in [1.807, 2.05) is 17.6 Å². The maximum atomic E-state index is 5.26. The van der Waals surface area contributed by atoms with Crippen molar-refractivity contribution in [3.05, 3.63) is 29.3 Å². The van der Waals surface area contributed by atoms with Crippen LogP contribution < -0.4 is 0 Å². The fraction of sp³-hybridized carbons (Fsp3) is 0.182. The van der Waals surface area contributed by atoms with Gasteiger partial charge in [0.1, 0.15) is 12.2 Å². The Bertz CT molecular complexity index is 479. The highest BCUT2D eigenvalue weighted by molar-refractivity contribution is 9.08. The molecule has 76 valence electrons. The molecule has 0 N–H and O–H groups in total. The molecule has 15 heavy (non-hydrogen) atoms. The molecule has 0 aromatic carbocycles. The fourth-order valence-electron chi connectivity index (χ4n) is 1.36. The molecule has 2 aromatic heterocycles. The van der Waals surface area contributed by atoms with Gasteiger partial charge in [-0.1, -0.05) is 27.9 Å². The summed E-state index contributed by atoms with van der Waals surface area (Å²) in [7, 11) is 0. The van der Waals surface area contributed by atoms with Crippen molar-refractivity contribution in [1.29, 1.82) is 0 Å². The predicted octanol–water partition coefficient (Wildman–Crippen LogP) is 3.14. The molecule has 0 bridgehead atoms. The number of alkyl halides is 1. The van der Waals surface area contributed by atoms with Gasteiger partial charge in [0.2, 0.25) is 0 Å². The zero-order valence-electron chi connectivity index (χ0n) is 7.98. The summed E-state index contributed by atoms with van der Waals surface area (Å²) in [6, 6.07) is 4.09. The lowest BCUT2D eigenvalue weighted by Crippen LogP contribution is -1.95. The summed E-state index contributed by atoms with van der Waals surface area (Å²) in [5.41, 5.74) is 2.20. The van der Waals surface area contributed by atoms with E-state index in [0.29, 0.717) is 6.54 Å². The van der Waals surface area contributed by atoms with Gasteiger partial charge in [-0.3, -0.25) is 4.68 Å². The first kappa shape index (κ1) is 10.5. The molecule has 0 atom stereocenters. The third kappa shape index (κ3) is 2.14. The Morgan fingerprint density at radius 3 is 3.07 bits per heavy atom. The monoisotopic (exact) mass is 280 g/mol. The molecular weight excluding hydrogens is 272 g/mol. The number of halogens is 1. The number of terminal acetylenes is 1. The van der Waals surface area contributed by atoms with Crippen LogP contribution in [0, 0.1) is 12.3 Å². The molecule has 0 saturated heterocycles. The normalized spacial score (nSPS) is 10.1. The number of hydrogen-bond acceptors (Lipinski definition) is 2. The van der Waals surface area contributed by atoms with E-state index in [-0.39, 0.29) is 0 Å². The van der Waals surface area contributed by atoms with Gasteiger partial charge < -0.3 is 0 Å². The molecule has 2 nitrogen and oxygen atoms in total. The molecule has 0 aliphatic heterocycles. The minimum Gasteiger partial charge on any atom is -0.260 e. The van der Waals surface area contributed by atoms with E-state index < -0.39 is 0 Å². The Balaban J connectivity index is 2.42. The molecule has 0 unspecified atom stereocenters. The van der Waals surface area contributed by atoms with Crippen molar-refractivity contribution in [3.8, 4) is 22.9 Å². The first-order chi connectivity index (χ1) is 7.35. The largest absolute Gasteiger partial charge is 0.260 e. The van der Waals surface area contributed by atoms with Gasteiger partial charge in [-0.05, 0) is 11.4 Å². The van der Waals surface area contributed by atoms with E-state index in [0.717, 1.165) is 11.0 Å². The van der Waals surface area contributed by atoms with Gasteiger partial charge >= 0.3 is 0 Å². The van der Waals surface area contributed by atoms with Crippen LogP contribution in [-0.4, -0.2) is 9.78 Å². The molecular formula is C11H9BrN2S. The van der Waals surface area contributed by atoms with Crippen molar-refractivity contribution >= 4 is 27.3 Å². The van der Waals surface area contributed by atoms with Gasteiger partial charge in [-0.2, -0.15) is 5.10 Å². The van der Waals surface area contributed by atoms with Crippen molar-refractivity contribution in [2.75, 3.05) is 0 Å². The second-order valence-corrected chi connectivity index (χ2v) is 4.52. The van der Waals surface area contributed by atoms with Crippen molar-refractivity contribution in [2.24, 2.45) is 0 Å². The van der Waals surface area contributed by atoms with Crippen LogP contribution in [0.15, 0.2) is 23.7 Å². The van der Waals surface area contributed by atoms with Crippen LogP contribution in [0.5, 0.6) is 0 Å². The van der Waals surface area contributed by atoms with E-state index in [1.165, 1.54) is 10.4 Å². The van der Waals surface area contributed by atoms with Crippen molar-refractivity contribution in [2.45, 2.75) is 11.9 Å². The van der Waals surface area contributed by atoms with Crippen LogP contribution in [0.4, 0.5) is 0 Å². The van der Waals surface area contributed by atoms with E-state index in [9.17, 15) is 0 Å². The maximum Gasteiger partial charge on any atom is 0.106 e. The Morgan fingerprint density at radius 1 is 1.60 bits per heavy atom. The summed E-state index contributed by atoms with van der Waals surface area (Å²) in [4.78, 5) is 1.18. The average molecular weight is 281 g/mol. The van der Waals surface area contributed by atoms with Crippen LogP contribution in [0.2, 0.25) is 0 Å². The predicted molar refractivity (Wildman–Crippen MR) is 67.0 cm³/mol. The molecule has 0 saturated carbocycles. The Kier molecular flexibility index (Phi) is 3.24. The quantitative estimate of drug-likeness (QED) is 0.624. The standard InChI is InChI=1S/C11H9BrN2S/c1-2-5-14-8-9(7-12)11(13-14)10-4-3-6-15-10/h1,3-4,6,8H,5,7H2. The number of rotatable bonds is 3. The van der Waals surface area contributed by atoms with Crippen LogP contribution in [-0.2, 0) is 11.9 Å². The minimum atomic E-state index is 0.519. The second kappa shape index (κ2) is 4.65. The summed E-state index contributed by atoms with van der Waals surface area (Å²) in [5, 5.41) is 7.31. The third-order valence-corrected chi connectivity index (χ3v) is 3.47. The molecule has 2 rings (SSSR count). The molecule has 4 heteroatoms. The van der Waals surface area contributed by atoms with Crippen molar-refractivity contribution in [1.82, 2.24) is 9.78 Å². The van der Waals surface area contributed by atoms with E-state index in [1.54, 1.807) is 16.0 Å². The van der Waals surface area contributed by atoms with Crippen LogP contribution in [0.1, 0.15) is 5.56 Å². The molecule has 0 aliphatic rings. The van der Waals surface area contributed by atoms with Crippen LogP contribution >= 0.6 is 27.3 Å². The first-order valence-corrected chi connectivity index (χ1v) is 6.45. The zero-order chi connectivity index (χ0) is 10.7. The Morgan fingerprint density at radius 2 is 2.47 bits per heavy atom. The fourth-order valence-corrected chi connectivity index (χ4v) is 2.51. The summed E-state index contributed by atoms with van der Waals surface area (Å²) in [6.07, 6.45) is 7.25. The summed E-state index contributed by atoms with van der Waals surface area (Å²) in [5.74, 6) is 2.58. The SMILES string of the molecule is C#CCn1cc(CBr)c(-c2cccs2)n1. The minimum absolute atomic E-state index is 0.519. The highest BCUT2D eigenvalue weighted by atomic mass is 79.9. The van der Waals surface area contributed by atoms with Gasteiger partial charge in [-0.25, -0.2) is 0 Å².